The Hall–Kier alpha value is -4.19. The molecule has 1 N–H and O–H groups in total. The highest BCUT2D eigenvalue weighted by Gasteiger charge is 2.22. The van der Waals surface area contributed by atoms with Gasteiger partial charge in [0.15, 0.2) is 0 Å². The lowest BCUT2D eigenvalue weighted by Crippen LogP contribution is -2.31. The molecular formula is C27H24N4O2. The molecule has 1 aliphatic rings. The Bertz CT molecular complexity index is 1280. The molecule has 4 aromatic rings. The molecule has 6 nitrogen and oxygen atoms in total. The van der Waals surface area contributed by atoms with Crippen molar-refractivity contribution in [2.75, 3.05) is 16.8 Å². The molecule has 0 unspecified atom stereocenters. The van der Waals surface area contributed by atoms with Gasteiger partial charge in [-0.25, -0.2) is 4.98 Å². The minimum atomic E-state index is -0.222. The summed E-state index contributed by atoms with van der Waals surface area (Å²) in [6.45, 7) is 0.708. The summed E-state index contributed by atoms with van der Waals surface area (Å²) in [6.07, 6.45) is 8.18. The second-order valence-electron chi connectivity index (χ2n) is 8.06. The number of nitrogens with zero attached hydrogens (tertiary/aromatic N) is 3. The van der Waals surface area contributed by atoms with Gasteiger partial charge in [-0.3, -0.25) is 9.59 Å². The normalized spacial score (nSPS) is 13.2. The molecule has 0 saturated carbocycles. The summed E-state index contributed by atoms with van der Waals surface area (Å²) >= 11 is 0. The summed E-state index contributed by atoms with van der Waals surface area (Å²) < 4.78 is 1.80. The van der Waals surface area contributed by atoms with Gasteiger partial charge in [-0.15, -0.1) is 0 Å². The van der Waals surface area contributed by atoms with E-state index in [1.165, 1.54) is 5.56 Å². The van der Waals surface area contributed by atoms with Crippen LogP contribution in [0.2, 0.25) is 0 Å². The lowest BCUT2D eigenvalue weighted by Gasteiger charge is -2.23. The largest absolute Gasteiger partial charge is 0.322 e. The van der Waals surface area contributed by atoms with Crippen molar-refractivity contribution in [3.63, 3.8) is 0 Å². The number of carbonyl (C=O) groups excluding carboxylic acids is 2. The molecule has 1 aromatic heterocycles. The molecular weight excluding hydrogens is 412 g/mol. The Labute approximate surface area is 192 Å². The van der Waals surface area contributed by atoms with Crippen LogP contribution in [0.1, 0.15) is 39.1 Å². The number of aromatic nitrogens is 2. The maximum absolute atomic E-state index is 13.3. The number of nitrogens with one attached hydrogen (secondary N) is 1. The quantitative estimate of drug-likeness (QED) is 0.484. The third-order valence-electron chi connectivity index (χ3n) is 5.93. The summed E-state index contributed by atoms with van der Waals surface area (Å²) in [7, 11) is 0. The van der Waals surface area contributed by atoms with Crippen molar-refractivity contribution in [2.45, 2.75) is 19.3 Å². The van der Waals surface area contributed by atoms with Crippen LogP contribution < -0.4 is 10.2 Å². The van der Waals surface area contributed by atoms with Gasteiger partial charge in [0.2, 0.25) is 0 Å². The molecule has 0 fully saturated rings. The summed E-state index contributed by atoms with van der Waals surface area (Å²) in [4.78, 5) is 32.2. The molecule has 6 heteroatoms. The average molecular weight is 437 g/mol. The molecule has 1 aliphatic heterocycles. The number of para-hydroxylation sites is 2. The van der Waals surface area contributed by atoms with Crippen molar-refractivity contribution < 1.29 is 9.59 Å². The third kappa shape index (κ3) is 4.28. The monoisotopic (exact) mass is 436 g/mol. The zero-order valence-corrected chi connectivity index (χ0v) is 18.1. The molecule has 2 amide bonds. The average Bonchev–Trinajstić information content (AvgIpc) is 3.31. The van der Waals surface area contributed by atoms with Crippen LogP contribution in [-0.4, -0.2) is 27.9 Å². The highest BCUT2D eigenvalue weighted by atomic mass is 16.2. The smallest absolute Gasteiger partial charge is 0.258 e. The van der Waals surface area contributed by atoms with Crippen molar-refractivity contribution in [1.29, 1.82) is 0 Å². The van der Waals surface area contributed by atoms with Crippen LogP contribution in [-0.2, 0) is 6.42 Å². The van der Waals surface area contributed by atoms with Crippen LogP contribution in [0.4, 0.5) is 11.4 Å². The Balaban J connectivity index is 1.34. The molecule has 33 heavy (non-hydrogen) atoms. The van der Waals surface area contributed by atoms with Crippen molar-refractivity contribution >= 4 is 23.2 Å². The summed E-state index contributed by atoms with van der Waals surface area (Å²) in [5.74, 6) is -0.243. The molecule has 2 heterocycles. The zero-order valence-electron chi connectivity index (χ0n) is 18.1. The highest BCUT2D eigenvalue weighted by Crippen LogP contribution is 2.28. The number of anilines is 2. The molecule has 5 rings (SSSR count). The topological polar surface area (TPSA) is 67.2 Å². The van der Waals surface area contributed by atoms with E-state index in [4.69, 9.17) is 0 Å². The Kier molecular flexibility index (Phi) is 5.72. The van der Waals surface area contributed by atoms with Gasteiger partial charge in [0.05, 0.1) is 17.6 Å². The Morgan fingerprint density at radius 1 is 0.848 bits per heavy atom. The maximum Gasteiger partial charge on any atom is 0.258 e. The van der Waals surface area contributed by atoms with E-state index in [2.05, 4.69) is 16.4 Å². The summed E-state index contributed by atoms with van der Waals surface area (Å²) in [5.41, 5.74) is 4.73. The number of rotatable bonds is 4. The van der Waals surface area contributed by atoms with E-state index in [0.717, 1.165) is 30.6 Å². The van der Waals surface area contributed by atoms with E-state index in [0.29, 0.717) is 23.4 Å². The van der Waals surface area contributed by atoms with Crippen LogP contribution in [0.5, 0.6) is 0 Å². The number of imidazole rings is 1. The van der Waals surface area contributed by atoms with Gasteiger partial charge in [0, 0.05) is 35.9 Å². The first-order valence-electron chi connectivity index (χ1n) is 11.1. The van der Waals surface area contributed by atoms with E-state index in [-0.39, 0.29) is 11.8 Å². The van der Waals surface area contributed by atoms with Crippen molar-refractivity contribution in [3.05, 3.63) is 108 Å². The number of aryl methyl sites for hydroxylation is 1. The van der Waals surface area contributed by atoms with Crippen LogP contribution >= 0.6 is 0 Å². The molecule has 0 aliphatic carbocycles. The Morgan fingerprint density at radius 2 is 1.61 bits per heavy atom. The molecule has 0 radical (unpaired) electrons. The molecule has 0 spiro atoms. The summed E-state index contributed by atoms with van der Waals surface area (Å²) in [5, 5.41) is 2.93. The predicted octanol–water partition coefficient (Wildman–Crippen LogP) is 5.11. The van der Waals surface area contributed by atoms with Gasteiger partial charge in [0.1, 0.15) is 0 Å². The van der Waals surface area contributed by atoms with Gasteiger partial charge >= 0.3 is 0 Å². The first-order valence-corrected chi connectivity index (χ1v) is 11.1. The van der Waals surface area contributed by atoms with Gasteiger partial charge in [0.25, 0.3) is 11.8 Å². The number of benzene rings is 3. The number of fused-ring (bicyclic) bond motifs is 1. The highest BCUT2D eigenvalue weighted by molar-refractivity contribution is 6.08. The Morgan fingerprint density at radius 3 is 2.39 bits per heavy atom. The first kappa shape index (κ1) is 20.7. The van der Waals surface area contributed by atoms with Gasteiger partial charge in [-0.2, -0.15) is 0 Å². The van der Waals surface area contributed by atoms with E-state index < -0.39 is 0 Å². The first-order chi connectivity index (χ1) is 16.2. The SMILES string of the molecule is O=C(Nc1ccc(C(=O)N2CCCCc3ccccc32)cc1)c1ccccc1-n1ccnc1. The molecule has 164 valence electrons. The predicted molar refractivity (Wildman–Crippen MR) is 129 cm³/mol. The van der Waals surface area contributed by atoms with E-state index in [9.17, 15) is 9.59 Å². The van der Waals surface area contributed by atoms with Crippen LogP contribution in [0.3, 0.4) is 0 Å². The van der Waals surface area contributed by atoms with E-state index in [1.807, 2.05) is 41.3 Å². The minimum Gasteiger partial charge on any atom is -0.322 e. The van der Waals surface area contributed by atoms with E-state index >= 15 is 0 Å². The fourth-order valence-electron chi connectivity index (χ4n) is 4.25. The maximum atomic E-state index is 13.3. The summed E-state index contributed by atoms with van der Waals surface area (Å²) in [6, 6.07) is 22.6. The second-order valence-corrected chi connectivity index (χ2v) is 8.06. The molecule has 0 bridgehead atoms. The number of hydrogen-bond donors (Lipinski definition) is 1. The van der Waals surface area contributed by atoms with Crippen molar-refractivity contribution in [2.24, 2.45) is 0 Å². The van der Waals surface area contributed by atoms with Crippen LogP contribution in [0.25, 0.3) is 5.69 Å². The molecule has 3 aromatic carbocycles. The molecule has 0 saturated heterocycles. The number of carbonyl (C=O) groups is 2. The molecule has 0 atom stereocenters. The lowest BCUT2D eigenvalue weighted by atomic mass is 10.1. The van der Waals surface area contributed by atoms with Crippen molar-refractivity contribution in [3.8, 4) is 5.69 Å². The van der Waals surface area contributed by atoms with Gasteiger partial charge in [-0.1, -0.05) is 30.3 Å². The standard InChI is InChI=1S/C27H24N4O2/c32-26(23-9-2-4-11-25(23)30-18-16-28-19-30)29-22-14-12-21(13-15-22)27(33)31-17-6-5-8-20-7-1-3-10-24(20)31/h1-4,7,9-16,18-19H,5-6,8,17H2,(H,29,32). The second kappa shape index (κ2) is 9.12. The number of amides is 2. The fourth-order valence-corrected chi connectivity index (χ4v) is 4.25. The zero-order chi connectivity index (χ0) is 22.6. The number of hydrogen-bond acceptors (Lipinski definition) is 3. The van der Waals surface area contributed by atoms with Crippen LogP contribution in [0, 0.1) is 0 Å². The lowest BCUT2D eigenvalue weighted by molar-refractivity contribution is 0.0985. The van der Waals surface area contributed by atoms with Crippen molar-refractivity contribution in [1.82, 2.24) is 9.55 Å². The van der Waals surface area contributed by atoms with E-state index in [1.54, 1.807) is 53.6 Å². The van der Waals surface area contributed by atoms with Gasteiger partial charge in [-0.05, 0) is 67.3 Å². The minimum absolute atomic E-state index is 0.0207. The fraction of sp³-hybridized carbons (Fsp3) is 0.148. The van der Waals surface area contributed by atoms with Gasteiger partial charge < -0.3 is 14.8 Å². The third-order valence-corrected chi connectivity index (χ3v) is 5.93. The van der Waals surface area contributed by atoms with Crippen LogP contribution in [0.15, 0.2) is 91.5 Å².